The highest BCUT2D eigenvalue weighted by Gasteiger charge is 2.19. The summed E-state index contributed by atoms with van der Waals surface area (Å²) in [5, 5.41) is 3.91. The Bertz CT molecular complexity index is 695. The molecule has 0 aliphatic rings. The van der Waals surface area contributed by atoms with Gasteiger partial charge >= 0.3 is 6.01 Å². The van der Waals surface area contributed by atoms with E-state index in [0.29, 0.717) is 5.69 Å². The number of rotatable bonds is 4. The van der Waals surface area contributed by atoms with E-state index in [1.165, 1.54) is 36.3 Å². The summed E-state index contributed by atoms with van der Waals surface area (Å²) in [4.78, 5) is 3.80. The molecular weight excluding hydrogens is 270 g/mol. The second-order valence-electron chi connectivity index (χ2n) is 3.72. The maximum Gasteiger partial charge on any atom is 0.341 e. The van der Waals surface area contributed by atoms with Crippen LogP contribution in [0.2, 0.25) is 0 Å². The smallest absolute Gasteiger partial charge is 0.341 e. The van der Waals surface area contributed by atoms with Crippen LogP contribution in [0.1, 0.15) is 0 Å². The number of hydrogen-bond acceptors (Lipinski definition) is 6. The third-order valence-corrected chi connectivity index (χ3v) is 3.74. The highest BCUT2D eigenvalue weighted by molar-refractivity contribution is 7.89. The van der Waals surface area contributed by atoms with E-state index in [9.17, 15) is 8.42 Å². The number of aryl methyl sites for hydroxylation is 1. The molecule has 0 amide bonds. The molecule has 0 aliphatic carbocycles. The van der Waals surface area contributed by atoms with Crippen molar-refractivity contribution >= 4 is 15.7 Å². The molecule has 0 saturated carbocycles. The van der Waals surface area contributed by atoms with Crippen molar-refractivity contribution in [2.24, 2.45) is 7.05 Å². The molecule has 19 heavy (non-hydrogen) atoms. The first-order valence-corrected chi connectivity index (χ1v) is 6.77. The molecule has 9 heteroatoms. The summed E-state index contributed by atoms with van der Waals surface area (Å²) in [6.07, 6.45) is 1.44. The van der Waals surface area contributed by atoms with E-state index < -0.39 is 10.0 Å². The number of nitrogen functional groups attached to an aromatic ring is 1. The third-order valence-electron chi connectivity index (χ3n) is 2.31. The highest BCUT2D eigenvalue weighted by Crippen LogP contribution is 2.28. The number of aromatic nitrogens is 3. The first kappa shape index (κ1) is 13.3. The number of benzene rings is 1. The minimum absolute atomic E-state index is 0.0554. The Morgan fingerprint density at radius 1 is 1.42 bits per heavy atom. The summed E-state index contributed by atoms with van der Waals surface area (Å²) in [7, 11) is -0.700. The molecule has 1 aromatic carbocycles. The summed E-state index contributed by atoms with van der Waals surface area (Å²) in [6.45, 7) is 0. The first-order valence-electron chi connectivity index (χ1n) is 5.29. The number of ether oxygens (including phenoxy) is 1. The van der Waals surface area contributed by atoms with E-state index in [1.807, 2.05) is 0 Å². The van der Waals surface area contributed by atoms with Crippen molar-refractivity contribution in [3.63, 3.8) is 0 Å². The molecule has 0 atom stereocenters. The molecule has 102 valence electrons. The fourth-order valence-electron chi connectivity index (χ4n) is 1.39. The Hall–Kier alpha value is -2.13. The Kier molecular flexibility index (Phi) is 3.40. The summed E-state index contributed by atoms with van der Waals surface area (Å²) in [5.74, 6) is 0.106. The predicted octanol–water partition coefficient (Wildman–Crippen LogP) is 0.0977. The van der Waals surface area contributed by atoms with Crippen molar-refractivity contribution in [2.75, 3.05) is 12.8 Å². The van der Waals surface area contributed by atoms with Gasteiger partial charge < -0.3 is 10.5 Å². The summed E-state index contributed by atoms with van der Waals surface area (Å²) in [5.41, 5.74) is 5.91. The van der Waals surface area contributed by atoms with E-state index >= 15 is 0 Å². The SMILES string of the molecule is CNS(=O)(=O)c1cc(N)ccc1Oc1ncn(C)n1. The molecule has 2 rings (SSSR count). The van der Waals surface area contributed by atoms with E-state index in [0.717, 1.165) is 0 Å². The number of nitrogens with zero attached hydrogens (tertiary/aromatic N) is 3. The van der Waals surface area contributed by atoms with Gasteiger partial charge in [0.2, 0.25) is 10.0 Å². The van der Waals surface area contributed by atoms with Gasteiger partial charge in [0.15, 0.2) is 5.75 Å². The van der Waals surface area contributed by atoms with Crippen molar-refractivity contribution in [2.45, 2.75) is 4.90 Å². The standard InChI is InChI=1S/C10H13N5O3S/c1-12-19(16,17)9-5-7(11)3-4-8(9)18-10-13-6-15(2)14-10/h3-6,12H,11H2,1-2H3. The third kappa shape index (κ3) is 2.83. The second kappa shape index (κ2) is 4.86. The maximum atomic E-state index is 11.9. The molecule has 0 aliphatic heterocycles. The lowest BCUT2D eigenvalue weighted by Crippen LogP contribution is -2.19. The van der Waals surface area contributed by atoms with Gasteiger partial charge in [-0.15, -0.1) is 5.10 Å². The lowest BCUT2D eigenvalue weighted by molar-refractivity contribution is 0.427. The molecule has 1 aromatic heterocycles. The van der Waals surface area contributed by atoms with Crippen molar-refractivity contribution in [3.05, 3.63) is 24.5 Å². The van der Waals surface area contributed by atoms with Crippen LogP contribution in [0.5, 0.6) is 11.8 Å². The van der Waals surface area contributed by atoms with E-state index in [2.05, 4.69) is 14.8 Å². The van der Waals surface area contributed by atoms with Crippen molar-refractivity contribution in [1.29, 1.82) is 0 Å². The van der Waals surface area contributed by atoms with Gasteiger partial charge in [-0.2, -0.15) is 4.98 Å². The predicted molar refractivity (Wildman–Crippen MR) is 68.2 cm³/mol. The molecule has 3 N–H and O–H groups in total. The van der Waals surface area contributed by atoms with Crippen LogP contribution in [0.3, 0.4) is 0 Å². The molecule has 0 fully saturated rings. The van der Waals surface area contributed by atoms with Gasteiger partial charge in [0.05, 0.1) is 0 Å². The van der Waals surface area contributed by atoms with Crippen LogP contribution in [-0.2, 0) is 17.1 Å². The van der Waals surface area contributed by atoms with Gasteiger partial charge in [-0.3, -0.25) is 4.68 Å². The average Bonchev–Trinajstić information content (AvgIpc) is 2.77. The molecule has 2 aromatic rings. The topological polar surface area (TPSA) is 112 Å². The Labute approximate surface area is 110 Å². The monoisotopic (exact) mass is 283 g/mol. The average molecular weight is 283 g/mol. The largest absolute Gasteiger partial charge is 0.422 e. The van der Waals surface area contributed by atoms with Crippen LogP contribution in [0.25, 0.3) is 0 Å². The minimum Gasteiger partial charge on any atom is -0.422 e. The summed E-state index contributed by atoms with van der Waals surface area (Å²) < 4.78 is 32.8. The Morgan fingerprint density at radius 3 is 2.74 bits per heavy atom. The van der Waals surface area contributed by atoms with Crippen molar-refractivity contribution in [3.8, 4) is 11.8 Å². The summed E-state index contributed by atoms with van der Waals surface area (Å²) >= 11 is 0. The van der Waals surface area contributed by atoms with Crippen LogP contribution in [0.4, 0.5) is 5.69 Å². The fraction of sp³-hybridized carbons (Fsp3) is 0.200. The Balaban J connectivity index is 2.46. The molecule has 0 radical (unpaired) electrons. The summed E-state index contributed by atoms with van der Waals surface area (Å²) in [6, 6.07) is 4.35. The minimum atomic E-state index is -3.68. The van der Waals surface area contributed by atoms with Gasteiger partial charge in [-0.05, 0) is 25.2 Å². The normalized spacial score (nSPS) is 11.5. The molecular formula is C10H13N5O3S. The quantitative estimate of drug-likeness (QED) is 0.769. The van der Waals surface area contributed by atoms with Crippen LogP contribution in [0, 0.1) is 0 Å². The van der Waals surface area contributed by atoms with Gasteiger partial charge in [0, 0.05) is 12.7 Å². The van der Waals surface area contributed by atoms with Gasteiger partial charge in [0.1, 0.15) is 11.2 Å². The van der Waals surface area contributed by atoms with Gasteiger partial charge in [-0.1, -0.05) is 0 Å². The molecule has 8 nitrogen and oxygen atoms in total. The van der Waals surface area contributed by atoms with Crippen LogP contribution >= 0.6 is 0 Å². The van der Waals surface area contributed by atoms with Crippen LogP contribution in [0.15, 0.2) is 29.4 Å². The fourth-order valence-corrected chi connectivity index (χ4v) is 2.28. The van der Waals surface area contributed by atoms with Gasteiger partial charge in [-0.25, -0.2) is 13.1 Å². The van der Waals surface area contributed by atoms with Gasteiger partial charge in [0.25, 0.3) is 0 Å². The van der Waals surface area contributed by atoms with Crippen LogP contribution in [-0.4, -0.2) is 30.2 Å². The zero-order valence-corrected chi connectivity index (χ0v) is 11.2. The van der Waals surface area contributed by atoms with Crippen molar-refractivity contribution in [1.82, 2.24) is 19.5 Å². The van der Waals surface area contributed by atoms with E-state index in [-0.39, 0.29) is 16.7 Å². The molecule has 0 spiro atoms. The Morgan fingerprint density at radius 2 is 2.16 bits per heavy atom. The number of nitrogens with one attached hydrogen (secondary N) is 1. The zero-order chi connectivity index (χ0) is 14.0. The number of nitrogens with two attached hydrogens (primary N) is 1. The van der Waals surface area contributed by atoms with Crippen LogP contribution < -0.4 is 15.2 Å². The zero-order valence-electron chi connectivity index (χ0n) is 10.4. The number of sulfonamides is 1. The van der Waals surface area contributed by atoms with E-state index in [4.69, 9.17) is 10.5 Å². The number of hydrogen-bond donors (Lipinski definition) is 2. The highest BCUT2D eigenvalue weighted by atomic mass is 32.2. The number of anilines is 1. The van der Waals surface area contributed by atoms with Crippen molar-refractivity contribution < 1.29 is 13.2 Å². The molecule has 0 unspecified atom stereocenters. The van der Waals surface area contributed by atoms with E-state index in [1.54, 1.807) is 7.05 Å². The lowest BCUT2D eigenvalue weighted by Gasteiger charge is -2.09. The molecule has 1 heterocycles. The first-order chi connectivity index (χ1) is 8.92. The molecule has 0 saturated heterocycles. The lowest BCUT2D eigenvalue weighted by atomic mass is 10.3. The second-order valence-corrected chi connectivity index (χ2v) is 5.57. The molecule has 0 bridgehead atoms. The maximum absolute atomic E-state index is 11.9.